The van der Waals surface area contributed by atoms with E-state index in [2.05, 4.69) is 32.3 Å². The lowest BCUT2D eigenvalue weighted by Gasteiger charge is -2.36. The standard InChI is InChI=1S/C16H20N4.2ClH/c1-3-14(11-17-6-1)5-9-20-10-8-19-13-16(20)15-4-2-7-18-12-15;;/h1-4,6-7,11-12,16,19H,5,8-10,13H2;2*1H. The molecule has 2 aromatic heterocycles. The summed E-state index contributed by atoms with van der Waals surface area (Å²) in [7, 11) is 0. The number of nitrogens with zero attached hydrogens (tertiary/aromatic N) is 3. The molecule has 4 nitrogen and oxygen atoms in total. The summed E-state index contributed by atoms with van der Waals surface area (Å²) in [5, 5.41) is 3.48. The van der Waals surface area contributed by atoms with E-state index in [-0.39, 0.29) is 24.8 Å². The van der Waals surface area contributed by atoms with Crippen molar-refractivity contribution in [1.82, 2.24) is 20.2 Å². The van der Waals surface area contributed by atoms with Gasteiger partial charge < -0.3 is 5.32 Å². The molecule has 0 radical (unpaired) electrons. The summed E-state index contributed by atoms with van der Waals surface area (Å²) >= 11 is 0. The highest BCUT2D eigenvalue weighted by Crippen LogP contribution is 2.21. The Kier molecular flexibility index (Phi) is 8.35. The van der Waals surface area contributed by atoms with Gasteiger partial charge in [-0.2, -0.15) is 0 Å². The summed E-state index contributed by atoms with van der Waals surface area (Å²) < 4.78 is 0. The van der Waals surface area contributed by atoms with Crippen LogP contribution in [0.5, 0.6) is 0 Å². The van der Waals surface area contributed by atoms with E-state index >= 15 is 0 Å². The molecule has 0 saturated carbocycles. The fourth-order valence-corrected chi connectivity index (χ4v) is 2.73. The van der Waals surface area contributed by atoms with Crippen LogP contribution in [0.3, 0.4) is 0 Å². The molecule has 1 fully saturated rings. The van der Waals surface area contributed by atoms with Gasteiger partial charge in [0.15, 0.2) is 0 Å². The zero-order valence-electron chi connectivity index (χ0n) is 12.4. The van der Waals surface area contributed by atoms with Gasteiger partial charge in [-0.25, -0.2) is 0 Å². The minimum Gasteiger partial charge on any atom is -0.314 e. The third-order valence-electron chi connectivity index (χ3n) is 3.83. The maximum atomic E-state index is 4.25. The fraction of sp³-hybridized carbons (Fsp3) is 0.375. The van der Waals surface area contributed by atoms with Crippen LogP contribution in [0.4, 0.5) is 0 Å². The molecule has 0 aromatic carbocycles. The van der Waals surface area contributed by atoms with E-state index in [1.807, 2.05) is 36.9 Å². The van der Waals surface area contributed by atoms with E-state index in [1.165, 1.54) is 11.1 Å². The molecule has 1 aliphatic heterocycles. The van der Waals surface area contributed by atoms with Crippen molar-refractivity contribution in [3.05, 3.63) is 60.2 Å². The van der Waals surface area contributed by atoms with E-state index in [9.17, 15) is 0 Å². The van der Waals surface area contributed by atoms with Crippen LogP contribution in [-0.4, -0.2) is 41.0 Å². The summed E-state index contributed by atoms with van der Waals surface area (Å²) in [6.45, 7) is 4.20. The van der Waals surface area contributed by atoms with Crippen molar-refractivity contribution in [2.24, 2.45) is 0 Å². The number of hydrogen-bond donors (Lipinski definition) is 1. The monoisotopic (exact) mass is 340 g/mol. The van der Waals surface area contributed by atoms with Gasteiger partial charge in [0.25, 0.3) is 0 Å². The zero-order valence-corrected chi connectivity index (χ0v) is 14.0. The lowest BCUT2D eigenvalue weighted by molar-refractivity contribution is 0.163. The molecule has 2 aromatic rings. The first kappa shape index (κ1) is 18.8. The van der Waals surface area contributed by atoms with Gasteiger partial charge in [-0.15, -0.1) is 24.8 Å². The first-order valence-electron chi connectivity index (χ1n) is 7.17. The molecule has 6 heteroatoms. The Morgan fingerprint density at radius 2 is 1.86 bits per heavy atom. The molecule has 0 spiro atoms. The van der Waals surface area contributed by atoms with Gasteiger partial charge in [0.05, 0.1) is 0 Å². The Balaban J connectivity index is 0.00000121. The summed E-state index contributed by atoms with van der Waals surface area (Å²) in [6, 6.07) is 8.76. The zero-order chi connectivity index (χ0) is 13.6. The van der Waals surface area contributed by atoms with Gasteiger partial charge in [-0.3, -0.25) is 14.9 Å². The molecule has 0 amide bonds. The first-order chi connectivity index (χ1) is 9.93. The third-order valence-corrected chi connectivity index (χ3v) is 3.83. The molecule has 0 bridgehead atoms. The Labute approximate surface area is 144 Å². The van der Waals surface area contributed by atoms with E-state index < -0.39 is 0 Å². The highest BCUT2D eigenvalue weighted by atomic mass is 35.5. The first-order valence-corrected chi connectivity index (χ1v) is 7.17. The molecule has 3 heterocycles. The van der Waals surface area contributed by atoms with Crippen LogP contribution in [0.15, 0.2) is 49.1 Å². The van der Waals surface area contributed by atoms with Crippen molar-refractivity contribution < 1.29 is 0 Å². The number of nitrogens with one attached hydrogen (secondary N) is 1. The Bertz CT molecular complexity index is 524. The molecule has 1 atom stereocenters. The van der Waals surface area contributed by atoms with Crippen LogP contribution in [0.2, 0.25) is 0 Å². The number of pyridine rings is 2. The maximum absolute atomic E-state index is 4.25. The minimum absolute atomic E-state index is 0. The number of piperazine rings is 1. The SMILES string of the molecule is Cl.Cl.c1cncc(CCN2CCNCC2c2cccnc2)c1. The average molecular weight is 341 g/mol. The molecule has 22 heavy (non-hydrogen) atoms. The van der Waals surface area contributed by atoms with Crippen LogP contribution in [-0.2, 0) is 6.42 Å². The number of halogens is 2. The Morgan fingerprint density at radius 3 is 2.55 bits per heavy atom. The lowest BCUT2D eigenvalue weighted by atomic mass is 10.0. The second kappa shape index (κ2) is 9.74. The highest BCUT2D eigenvalue weighted by Gasteiger charge is 2.23. The van der Waals surface area contributed by atoms with Crippen molar-refractivity contribution in [3.63, 3.8) is 0 Å². The average Bonchev–Trinajstić information content (AvgIpc) is 2.55. The summed E-state index contributed by atoms with van der Waals surface area (Å²) in [5.41, 5.74) is 2.60. The van der Waals surface area contributed by atoms with Gasteiger partial charge in [-0.1, -0.05) is 12.1 Å². The molecule has 3 rings (SSSR count). The second-order valence-corrected chi connectivity index (χ2v) is 5.15. The van der Waals surface area contributed by atoms with Gasteiger partial charge in [-0.05, 0) is 29.7 Å². The number of aromatic nitrogens is 2. The van der Waals surface area contributed by atoms with Gasteiger partial charge in [0, 0.05) is 57.0 Å². The number of rotatable bonds is 4. The van der Waals surface area contributed by atoms with Gasteiger partial charge in [0.1, 0.15) is 0 Å². The lowest BCUT2D eigenvalue weighted by Crippen LogP contribution is -2.46. The quantitative estimate of drug-likeness (QED) is 0.928. The maximum Gasteiger partial charge on any atom is 0.0488 e. The van der Waals surface area contributed by atoms with Crippen molar-refractivity contribution in [3.8, 4) is 0 Å². The molecular formula is C16H22Cl2N4. The van der Waals surface area contributed by atoms with Crippen LogP contribution >= 0.6 is 24.8 Å². The topological polar surface area (TPSA) is 41.1 Å². The van der Waals surface area contributed by atoms with Crippen LogP contribution in [0, 0.1) is 0 Å². The molecular weight excluding hydrogens is 319 g/mol. The van der Waals surface area contributed by atoms with Crippen molar-refractivity contribution in [2.45, 2.75) is 12.5 Å². The largest absolute Gasteiger partial charge is 0.314 e. The van der Waals surface area contributed by atoms with Crippen LogP contribution < -0.4 is 5.32 Å². The molecule has 0 aliphatic carbocycles. The Hall–Kier alpha value is -1.20. The van der Waals surface area contributed by atoms with Crippen LogP contribution in [0.25, 0.3) is 0 Å². The van der Waals surface area contributed by atoms with Gasteiger partial charge >= 0.3 is 0 Å². The normalized spacial score (nSPS) is 18.1. The molecule has 1 saturated heterocycles. The van der Waals surface area contributed by atoms with Crippen molar-refractivity contribution in [2.75, 3.05) is 26.2 Å². The van der Waals surface area contributed by atoms with Gasteiger partial charge in [0.2, 0.25) is 0 Å². The predicted octanol–water partition coefficient (Wildman–Crippen LogP) is 2.51. The molecule has 1 N–H and O–H groups in total. The molecule has 1 aliphatic rings. The van der Waals surface area contributed by atoms with E-state index in [4.69, 9.17) is 0 Å². The van der Waals surface area contributed by atoms with Crippen molar-refractivity contribution in [1.29, 1.82) is 0 Å². The third kappa shape index (κ3) is 4.92. The van der Waals surface area contributed by atoms with Crippen molar-refractivity contribution >= 4 is 24.8 Å². The van der Waals surface area contributed by atoms with Crippen LogP contribution in [0.1, 0.15) is 17.2 Å². The summed E-state index contributed by atoms with van der Waals surface area (Å²) in [5.74, 6) is 0. The van der Waals surface area contributed by atoms with E-state index in [1.54, 1.807) is 0 Å². The summed E-state index contributed by atoms with van der Waals surface area (Å²) in [4.78, 5) is 11.0. The highest BCUT2D eigenvalue weighted by molar-refractivity contribution is 5.85. The number of hydrogen-bond acceptors (Lipinski definition) is 4. The summed E-state index contributed by atoms with van der Waals surface area (Å²) in [6.07, 6.45) is 8.65. The second-order valence-electron chi connectivity index (χ2n) is 5.15. The molecule has 120 valence electrons. The molecule has 1 unspecified atom stereocenters. The van der Waals surface area contributed by atoms with E-state index in [0.29, 0.717) is 6.04 Å². The Morgan fingerprint density at radius 1 is 1.09 bits per heavy atom. The fourth-order valence-electron chi connectivity index (χ4n) is 2.73. The minimum atomic E-state index is 0. The predicted molar refractivity (Wildman–Crippen MR) is 93.9 cm³/mol. The van der Waals surface area contributed by atoms with E-state index in [0.717, 1.165) is 32.6 Å². The smallest absolute Gasteiger partial charge is 0.0488 e.